The Balaban J connectivity index is 2.21. The Morgan fingerprint density at radius 1 is 1.10 bits per heavy atom. The van der Waals surface area contributed by atoms with E-state index in [4.69, 9.17) is 10.5 Å². The minimum Gasteiger partial charge on any atom is -0.494 e. The van der Waals surface area contributed by atoms with Crippen molar-refractivity contribution in [2.24, 2.45) is 5.73 Å². The first kappa shape index (κ1) is 14.5. The van der Waals surface area contributed by atoms with E-state index in [2.05, 4.69) is 0 Å². The summed E-state index contributed by atoms with van der Waals surface area (Å²) in [6.07, 6.45) is 0.362. The number of nitrogens with two attached hydrogens (primary N) is 1. The van der Waals surface area contributed by atoms with Crippen LogP contribution in [0.1, 0.15) is 22.7 Å². The van der Waals surface area contributed by atoms with Gasteiger partial charge in [0.25, 0.3) is 0 Å². The fourth-order valence-electron chi connectivity index (χ4n) is 2.15. The highest BCUT2D eigenvalue weighted by atomic mass is 19.1. The smallest absolute Gasteiger partial charge is 0.165 e. The zero-order valence-corrected chi connectivity index (χ0v) is 11.5. The van der Waals surface area contributed by atoms with Crippen molar-refractivity contribution in [2.75, 3.05) is 7.11 Å². The number of ether oxygens (including phenoxy) is 1. The summed E-state index contributed by atoms with van der Waals surface area (Å²) in [6, 6.07) is 8.95. The molecule has 106 valence electrons. The largest absolute Gasteiger partial charge is 0.494 e. The highest BCUT2D eigenvalue weighted by Gasteiger charge is 2.13. The van der Waals surface area contributed by atoms with Crippen molar-refractivity contribution < 1.29 is 13.5 Å². The summed E-state index contributed by atoms with van der Waals surface area (Å²) >= 11 is 0. The van der Waals surface area contributed by atoms with Crippen LogP contribution < -0.4 is 10.5 Å². The zero-order valence-electron chi connectivity index (χ0n) is 11.5. The van der Waals surface area contributed by atoms with Crippen LogP contribution in [-0.4, -0.2) is 7.11 Å². The molecule has 4 heteroatoms. The van der Waals surface area contributed by atoms with Crippen molar-refractivity contribution in [3.63, 3.8) is 0 Å². The normalized spacial score (nSPS) is 12.2. The Hall–Kier alpha value is -1.94. The number of aryl methyl sites for hydroxylation is 1. The van der Waals surface area contributed by atoms with Crippen LogP contribution in [0.15, 0.2) is 36.4 Å². The summed E-state index contributed by atoms with van der Waals surface area (Å²) in [5.74, 6) is -0.594. The highest BCUT2D eigenvalue weighted by molar-refractivity contribution is 5.32. The molecule has 1 atom stereocenters. The van der Waals surface area contributed by atoms with E-state index < -0.39 is 11.9 Å². The molecule has 0 bridgehead atoms. The highest BCUT2D eigenvalue weighted by Crippen LogP contribution is 2.23. The van der Waals surface area contributed by atoms with Crippen molar-refractivity contribution in [3.05, 3.63) is 64.7 Å². The molecule has 2 N–H and O–H groups in total. The van der Waals surface area contributed by atoms with Gasteiger partial charge >= 0.3 is 0 Å². The molecule has 0 radical (unpaired) electrons. The third kappa shape index (κ3) is 3.14. The van der Waals surface area contributed by atoms with E-state index in [9.17, 15) is 8.78 Å². The molecule has 0 spiro atoms. The number of hydrogen-bond donors (Lipinski definition) is 1. The van der Waals surface area contributed by atoms with Gasteiger partial charge in [0.15, 0.2) is 11.6 Å². The quantitative estimate of drug-likeness (QED) is 0.928. The molecule has 0 heterocycles. The summed E-state index contributed by atoms with van der Waals surface area (Å²) in [7, 11) is 1.41. The van der Waals surface area contributed by atoms with Gasteiger partial charge in [0.2, 0.25) is 0 Å². The molecule has 0 fully saturated rings. The molecule has 0 aliphatic carbocycles. The second kappa shape index (κ2) is 6.01. The van der Waals surface area contributed by atoms with Crippen LogP contribution >= 0.6 is 0 Å². The number of methoxy groups -OCH3 is 1. The van der Waals surface area contributed by atoms with Crippen molar-refractivity contribution >= 4 is 0 Å². The molecule has 2 rings (SSSR count). The van der Waals surface area contributed by atoms with E-state index in [1.165, 1.54) is 19.2 Å². The molecule has 2 aromatic rings. The van der Waals surface area contributed by atoms with E-state index in [0.29, 0.717) is 17.5 Å². The van der Waals surface area contributed by atoms with Crippen molar-refractivity contribution in [1.29, 1.82) is 0 Å². The number of halogens is 2. The molecular formula is C16H17F2NO. The lowest BCUT2D eigenvalue weighted by Crippen LogP contribution is -2.15. The molecule has 0 saturated carbocycles. The third-order valence-electron chi connectivity index (χ3n) is 3.22. The SMILES string of the molecule is COc1ccc(CC(N)c2cc(C)ccc2F)cc1F. The van der Waals surface area contributed by atoms with Crippen molar-refractivity contribution in [1.82, 2.24) is 0 Å². The second-order valence-corrected chi connectivity index (χ2v) is 4.80. The minimum absolute atomic E-state index is 0.184. The summed E-state index contributed by atoms with van der Waals surface area (Å²) in [5.41, 5.74) is 8.12. The Bertz CT molecular complexity index is 613. The van der Waals surface area contributed by atoms with Gasteiger partial charge in [-0.1, -0.05) is 23.8 Å². The summed E-state index contributed by atoms with van der Waals surface area (Å²) in [6.45, 7) is 1.88. The van der Waals surface area contributed by atoms with Crippen LogP contribution in [0.5, 0.6) is 5.75 Å². The van der Waals surface area contributed by atoms with Gasteiger partial charge in [-0.25, -0.2) is 8.78 Å². The Morgan fingerprint density at radius 3 is 2.50 bits per heavy atom. The van der Waals surface area contributed by atoms with Crippen LogP contribution in [0.4, 0.5) is 8.78 Å². The number of hydrogen-bond acceptors (Lipinski definition) is 2. The predicted octanol–water partition coefficient (Wildman–Crippen LogP) is 3.52. The van der Waals surface area contributed by atoms with E-state index in [0.717, 1.165) is 5.56 Å². The van der Waals surface area contributed by atoms with Gasteiger partial charge in [-0.05, 0) is 37.1 Å². The lowest BCUT2D eigenvalue weighted by Gasteiger charge is -2.14. The maximum absolute atomic E-state index is 13.7. The summed E-state index contributed by atoms with van der Waals surface area (Å²) in [4.78, 5) is 0. The lowest BCUT2D eigenvalue weighted by molar-refractivity contribution is 0.386. The maximum atomic E-state index is 13.7. The van der Waals surface area contributed by atoms with Gasteiger partial charge in [-0.3, -0.25) is 0 Å². The summed E-state index contributed by atoms with van der Waals surface area (Å²) < 4.78 is 32.2. The first-order chi connectivity index (χ1) is 9.51. The fourth-order valence-corrected chi connectivity index (χ4v) is 2.15. The van der Waals surface area contributed by atoms with Gasteiger partial charge in [-0.15, -0.1) is 0 Å². The Morgan fingerprint density at radius 2 is 1.85 bits per heavy atom. The predicted molar refractivity (Wildman–Crippen MR) is 74.7 cm³/mol. The van der Waals surface area contributed by atoms with Gasteiger partial charge in [0, 0.05) is 11.6 Å². The monoisotopic (exact) mass is 277 g/mol. The van der Waals surface area contributed by atoms with Crippen molar-refractivity contribution in [2.45, 2.75) is 19.4 Å². The van der Waals surface area contributed by atoms with Crippen LogP contribution in [0.2, 0.25) is 0 Å². The Kier molecular flexibility index (Phi) is 4.35. The molecular weight excluding hydrogens is 260 g/mol. The van der Waals surface area contributed by atoms with E-state index in [-0.39, 0.29) is 11.6 Å². The van der Waals surface area contributed by atoms with E-state index in [1.807, 2.05) is 6.92 Å². The van der Waals surface area contributed by atoms with E-state index in [1.54, 1.807) is 24.3 Å². The van der Waals surface area contributed by atoms with Crippen molar-refractivity contribution in [3.8, 4) is 5.75 Å². The average Bonchev–Trinajstić information content (AvgIpc) is 2.41. The molecule has 0 aliphatic rings. The topological polar surface area (TPSA) is 35.2 Å². The third-order valence-corrected chi connectivity index (χ3v) is 3.22. The zero-order chi connectivity index (χ0) is 14.7. The first-order valence-electron chi connectivity index (χ1n) is 6.35. The lowest BCUT2D eigenvalue weighted by atomic mass is 9.97. The van der Waals surface area contributed by atoms with Gasteiger partial charge < -0.3 is 10.5 Å². The molecule has 0 aromatic heterocycles. The molecule has 2 aromatic carbocycles. The van der Waals surface area contributed by atoms with Crippen LogP contribution in [0, 0.1) is 18.6 Å². The minimum atomic E-state index is -0.511. The molecule has 1 unspecified atom stereocenters. The summed E-state index contributed by atoms with van der Waals surface area (Å²) in [5, 5.41) is 0. The average molecular weight is 277 g/mol. The van der Waals surface area contributed by atoms with Crippen LogP contribution in [-0.2, 0) is 6.42 Å². The number of benzene rings is 2. The Labute approximate surface area is 117 Å². The molecule has 20 heavy (non-hydrogen) atoms. The first-order valence-corrected chi connectivity index (χ1v) is 6.35. The van der Waals surface area contributed by atoms with Crippen LogP contribution in [0.3, 0.4) is 0 Å². The fraction of sp³-hybridized carbons (Fsp3) is 0.250. The standard InChI is InChI=1S/C16H17F2NO/c1-10-3-5-13(17)12(7-10)15(19)9-11-4-6-16(20-2)14(18)8-11/h3-8,15H,9,19H2,1-2H3. The maximum Gasteiger partial charge on any atom is 0.165 e. The van der Waals surface area contributed by atoms with E-state index >= 15 is 0 Å². The van der Waals surface area contributed by atoms with Gasteiger partial charge in [-0.2, -0.15) is 0 Å². The van der Waals surface area contributed by atoms with Gasteiger partial charge in [0.1, 0.15) is 5.82 Å². The van der Waals surface area contributed by atoms with Gasteiger partial charge in [0.05, 0.1) is 7.11 Å². The molecule has 0 saturated heterocycles. The molecule has 0 amide bonds. The second-order valence-electron chi connectivity index (χ2n) is 4.80. The molecule has 0 aliphatic heterocycles. The van der Waals surface area contributed by atoms with Crippen LogP contribution in [0.25, 0.3) is 0 Å². The number of rotatable bonds is 4. The molecule has 2 nitrogen and oxygen atoms in total.